The van der Waals surface area contributed by atoms with E-state index in [4.69, 9.17) is 18.9 Å². The summed E-state index contributed by atoms with van der Waals surface area (Å²) in [5, 5.41) is 15.2. The van der Waals surface area contributed by atoms with E-state index in [1.807, 2.05) is 6.92 Å². The minimum absolute atomic E-state index is 0.0144. The van der Waals surface area contributed by atoms with E-state index in [1.165, 1.54) is 53.7 Å². The molecule has 3 atom stereocenters. The van der Waals surface area contributed by atoms with E-state index in [9.17, 15) is 27.5 Å². The number of likely N-dealkylation sites (N-methyl/N-ethyl adjacent to an activating group) is 1. The molecule has 0 spiro atoms. The molecule has 0 aromatic heterocycles. The smallest absolute Gasteiger partial charge is 0.323 e. The average molecular weight is 673 g/mol. The third-order valence-electron chi connectivity index (χ3n) is 8.07. The Kier molecular flexibility index (Phi) is 10.2. The van der Waals surface area contributed by atoms with Gasteiger partial charge in [-0.2, -0.15) is 4.31 Å². The summed E-state index contributed by atoms with van der Waals surface area (Å²) in [7, 11) is -1.05. The number of benzene rings is 3. The maximum Gasteiger partial charge on any atom is 0.323 e. The highest BCUT2D eigenvalue weighted by Gasteiger charge is 2.36. The molecule has 252 valence electrons. The number of carbonyl (C=O) groups is 2. The second-order valence-electron chi connectivity index (χ2n) is 11.4. The number of nitrogens with zero attached hydrogens (tertiary/aromatic N) is 2. The molecular weight excluding hydrogens is 635 g/mol. The number of carbonyl (C=O) groups excluding carboxylic acids is 2. The molecule has 0 fully saturated rings. The Bertz CT molecular complexity index is 1740. The average Bonchev–Trinajstić information content (AvgIpc) is 3.06. The monoisotopic (exact) mass is 672 g/mol. The minimum atomic E-state index is -3.96. The number of ether oxygens (including phenoxy) is 4. The van der Waals surface area contributed by atoms with Crippen molar-refractivity contribution in [2.45, 2.75) is 37.5 Å². The number of para-hydroxylation sites is 1. The molecule has 2 heterocycles. The van der Waals surface area contributed by atoms with Crippen LogP contribution in [0.15, 0.2) is 59.5 Å². The fourth-order valence-corrected chi connectivity index (χ4v) is 6.57. The van der Waals surface area contributed by atoms with Gasteiger partial charge in [-0.3, -0.25) is 4.79 Å². The van der Waals surface area contributed by atoms with Gasteiger partial charge in [0, 0.05) is 31.1 Å². The fraction of sp³-hybridized carbons (Fsp3) is 0.375. The van der Waals surface area contributed by atoms with Gasteiger partial charge in [0.2, 0.25) is 10.0 Å². The molecule has 3 aromatic carbocycles. The molecule has 0 radical (unpaired) electrons. The molecule has 0 bridgehead atoms. The molecule has 3 N–H and O–H groups in total. The standard InChI is InChI=1S/C32H37FN4O9S/c1-19-14-37(20(2)16-38)31(39)25-6-5-7-26(34-32(40)35-27-13-22(33)12-21-17-44-18-45-29(21)27)30(25)46-28(19)15-36(3)47(41,42)24-10-8-23(43-4)9-11-24/h5-13,19-20,28,38H,14-18H2,1-4H3,(H2,34,35,40). The first-order valence-corrected chi connectivity index (χ1v) is 16.3. The first-order valence-electron chi connectivity index (χ1n) is 14.9. The molecular formula is C32H37FN4O9S. The zero-order chi connectivity index (χ0) is 33.9. The number of hydrogen-bond acceptors (Lipinski definition) is 9. The van der Waals surface area contributed by atoms with Crippen LogP contribution in [0.5, 0.6) is 17.2 Å². The van der Waals surface area contributed by atoms with E-state index in [2.05, 4.69) is 10.6 Å². The largest absolute Gasteiger partial charge is 0.497 e. The summed E-state index contributed by atoms with van der Waals surface area (Å²) in [5.41, 5.74) is 0.717. The Balaban J connectivity index is 1.46. The summed E-state index contributed by atoms with van der Waals surface area (Å²) in [6.45, 7) is 3.29. The first kappa shape index (κ1) is 33.9. The third kappa shape index (κ3) is 7.27. The predicted octanol–water partition coefficient (Wildman–Crippen LogP) is 3.89. The van der Waals surface area contributed by atoms with Crippen LogP contribution in [0.3, 0.4) is 0 Å². The number of amides is 3. The van der Waals surface area contributed by atoms with Crippen molar-refractivity contribution in [1.82, 2.24) is 9.21 Å². The number of methoxy groups -OCH3 is 1. The Hall–Kier alpha value is -4.44. The van der Waals surface area contributed by atoms with Crippen LogP contribution in [0.4, 0.5) is 20.6 Å². The number of urea groups is 1. The molecule has 3 amide bonds. The Morgan fingerprint density at radius 1 is 1.15 bits per heavy atom. The van der Waals surface area contributed by atoms with E-state index < -0.39 is 45.8 Å². The Morgan fingerprint density at radius 3 is 2.57 bits per heavy atom. The second kappa shape index (κ2) is 14.1. The van der Waals surface area contributed by atoms with Gasteiger partial charge in [0.15, 0.2) is 18.3 Å². The molecule has 0 aliphatic carbocycles. The third-order valence-corrected chi connectivity index (χ3v) is 9.90. The van der Waals surface area contributed by atoms with Gasteiger partial charge in [0.05, 0.1) is 54.7 Å². The number of aliphatic hydroxyl groups excluding tert-OH is 1. The van der Waals surface area contributed by atoms with Crippen LogP contribution < -0.4 is 24.8 Å². The van der Waals surface area contributed by atoms with Crippen molar-refractivity contribution in [3.05, 3.63) is 71.5 Å². The first-order chi connectivity index (χ1) is 22.4. The van der Waals surface area contributed by atoms with E-state index in [1.54, 1.807) is 25.1 Å². The Morgan fingerprint density at radius 2 is 1.87 bits per heavy atom. The van der Waals surface area contributed by atoms with Crippen molar-refractivity contribution < 1.29 is 46.5 Å². The van der Waals surface area contributed by atoms with Crippen LogP contribution in [-0.4, -0.2) is 87.5 Å². The van der Waals surface area contributed by atoms with Crippen LogP contribution in [0.25, 0.3) is 0 Å². The summed E-state index contributed by atoms with van der Waals surface area (Å²) in [6.07, 6.45) is -0.803. The van der Waals surface area contributed by atoms with Gasteiger partial charge in [-0.1, -0.05) is 13.0 Å². The normalized spacial score (nSPS) is 18.5. The van der Waals surface area contributed by atoms with Crippen molar-refractivity contribution >= 4 is 33.3 Å². The highest BCUT2D eigenvalue weighted by Crippen LogP contribution is 2.37. The number of anilines is 2. The number of aliphatic hydroxyl groups is 1. The molecule has 2 aliphatic rings. The van der Waals surface area contributed by atoms with Gasteiger partial charge in [0.25, 0.3) is 5.91 Å². The van der Waals surface area contributed by atoms with Crippen LogP contribution >= 0.6 is 0 Å². The lowest BCUT2D eigenvalue weighted by Gasteiger charge is -2.38. The molecule has 3 aromatic rings. The molecule has 5 rings (SSSR count). The SMILES string of the molecule is COc1ccc(S(=O)(=O)N(C)CC2Oc3c(NC(=O)Nc4cc(F)cc5c4OCOC5)cccc3C(=O)N(C(C)CO)CC2C)cc1. The summed E-state index contributed by atoms with van der Waals surface area (Å²) in [5.74, 6) is -0.675. The fourth-order valence-electron chi connectivity index (χ4n) is 5.39. The molecule has 13 nitrogen and oxygen atoms in total. The molecule has 47 heavy (non-hydrogen) atoms. The molecule has 0 saturated heterocycles. The van der Waals surface area contributed by atoms with Gasteiger partial charge in [0.1, 0.15) is 17.7 Å². The van der Waals surface area contributed by atoms with Crippen molar-refractivity contribution in [3.8, 4) is 17.2 Å². The quantitative estimate of drug-likeness (QED) is 0.307. The van der Waals surface area contributed by atoms with Crippen LogP contribution in [0, 0.1) is 11.7 Å². The van der Waals surface area contributed by atoms with Crippen LogP contribution in [0.1, 0.15) is 29.8 Å². The van der Waals surface area contributed by atoms with E-state index in [0.29, 0.717) is 11.3 Å². The molecule has 3 unspecified atom stereocenters. The highest BCUT2D eigenvalue weighted by molar-refractivity contribution is 7.89. The maximum absolute atomic E-state index is 14.3. The lowest BCUT2D eigenvalue weighted by molar-refractivity contribution is -0.0160. The van der Waals surface area contributed by atoms with E-state index in [-0.39, 0.29) is 66.4 Å². The van der Waals surface area contributed by atoms with Gasteiger partial charge in [-0.05, 0) is 49.4 Å². The van der Waals surface area contributed by atoms with Gasteiger partial charge in [-0.15, -0.1) is 0 Å². The lowest BCUT2D eigenvalue weighted by atomic mass is 9.99. The number of halogens is 1. The second-order valence-corrected chi connectivity index (χ2v) is 13.4. The zero-order valence-electron chi connectivity index (χ0n) is 26.4. The minimum Gasteiger partial charge on any atom is -0.497 e. The van der Waals surface area contributed by atoms with Crippen molar-refractivity contribution in [2.24, 2.45) is 5.92 Å². The summed E-state index contributed by atoms with van der Waals surface area (Å²) in [6, 6.07) is 11.6. The topological polar surface area (TPSA) is 156 Å². The van der Waals surface area contributed by atoms with Crippen molar-refractivity contribution in [2.75, 3.05) is 51.3 Å². The Labute approximate surface area is 272 Å². The zero-order valence-corrected chi connectivity index (χ0v) is 27.2. The number of nitrogens with one attached hydrogen (secondary N) is 2. The van der Waals surface area contributed by atoms with Crippen LogP contribution in [0.2, 0.25) is 0 Å². The maximum atomic E-state index is 14.3. The van der Waals surface area contributed by atoms with Crippen molar-refractivity contribution in [1.29, 1.82) is 0 Å². The number of fused-ring (bicyclic) bond motifs is 2. The van der Waals surface area contributed by atoms with E-state index in [0.717, 1.165) is 6.07 Å². The van der Waals surface area contributed by atoms with Gasteiger partial charge < -0.3 is 39.6 Å². The summed E-state index contributed by atoms with van der Waals surface area (Å²) < 4.78 is 64.8. The lowest BCUT2D eigenvalue weighted by Crippen LogP contribution is -2.50. The highest BCUT2D eigenvalue weighted by atomic mass is 32.2. The van der Waals surface area contributed by atoms with E-state index >= 15 is 0 Å². The summed E-state index contributed by atoms with van der Waals surface area (Å²) >= 11 is 0. The number of hydrogen-bond donors (Lipinski definition) is 3. The molecule has 0 saturated carbocycles. The van der Waals surface area contributed by atoms with Gasteiger partial charge in [-0.25, -0.2) is 17.6 Å². The van der Waals surface area contributed by atoms with Crippen molar-refractivity contribution in [3.63, 3.8) is 0 Å². The number of sulfonamides is 1. The van der Waals surface area contributed by atoms with Crippen LogP contribution in [-0.2, 0) is 21.4 Å². The predicted molar refractivity (Wildman–Crippen MR) is 170 cm³/mol. The molecule has 2 aliphatic heterocycles. The number of rotatable bonds is 9. The van der Waals surface area contributed by atoms with Gasteiger partial charge >= 0.3 is 6.03 Å². The summed E-state index contributed by atoms with van der Waals surface area (Å²) in [4.78, 5) is 28.6. The molecule has 15 heteroatoms.